The molecule has 0 radical (unpaired) electrons. The van der Waals surface area contributed by atoms with E-state index in [0.717, 1.165) is 25.7 Å². The monoisotopic (exact) mass is 337 g/mol. The fourth-order valence-electron chi connectivity index (χ4n) is 3.15. The van der Waals surface area contributed by atoms with E-state index in [4.69, 9.17) is 5.73 Å². The maximum atomic E-state index is 12.8. The number of likely N-dealkylation sites (tertiary alicyclic amines) is 1. The zero-order valence-electron chi connectivity index (χ0n) is 14.0. The van der Waals surface area contributed by atoms with E-state index in [1.165, 1.54) is 11.3 Å². The molecular formula is C17H27N3O2S. The summed E-state index contributed by atoms with van der Waals surface area (Å²) in [5, 5.41) is 6.82. The molecule has 23 heavy (non-hydrogen) atoms. The van der Waals surface area contributed by atoms with Gasteiger partial charge in [0.1, 0.15) is 0 Å². The van der Waals surface area contributed by atoms with Crippen LogP contribution < -0.4 is 11.1 Å². The number of carbonyl (C=O) groups excluding carboxylic acids is 2. The molecular weight excluding hydrogens is 310 g/mol. The van der Waals surface area contributed by atoms with Gasteiger partial charge in [-0.25, -0.2) is 0 Å². The lowest BCUT2D eigenvalue weighted by Crippen LogP contribution is -2.52. The second-order valence-corrected chi connectivity index (χ2v) is 7.02. The van der Waals surface area contributed by atoms with Crippen LogP contribution in [0.2, 0.25) is 0 Å². The lowest BCUT2D eigenvalue weighted by Gasteiger charge is -2.39. The molecule has 3 N–H and O–H groups in total. The average molecular weight is 337 g/mol. The van der Waals surface area contributed by atoms with Crippen LogP contribution in [0.4, 0.5) is 0 Å². The van der Waals surface area contributed by atoms with E-state index < -0.39 is 5.41 Å². The first-order valence-electron chi connectivity index (χ1n) is 8.38. The van der Waals surface area contributed by atoms with Crippen LogP contribution in [0, 0.1) is 5.41 Å². The highest BCUT2D eigenvalue weighted by Gasteiger charge is 2.38. The van der Waals surface area contributed by atoms with E-state index in [9.17, 15) is 9.59 Å². The van der Waals surface area contributed by atoms with Crippen molar-refractivity contribution < 1.29 is 9.59 Å². The Kier molecular flexibility index (Phi) is 6.18. The Hall–Kier alpha value is -1.40. The molecule has 1 aliphatic heterocycles. The van der Waals surface area contributed by atoms with Crippen LogP contribution in [-0.2, 0) is 4.79 Å². The van der Waals surface area contributed by atoms with Gasteiger partial charge in [-0.1, -0.05) is 13.8 Å². The quantitative estimate of drug-likeness (QED) is 0.836. The number of amides is 2. The molecule has 0 aliphatic carbocycles. The van der Waals surface area contributed by atoms with Gasteiger partial charge in [0.25, 0.3) is 5.91 Å². The molecule has 1 fully saturated rings. The predicted molar refractivity (Wildman–Crippen MR) is 93.5 cm³/mol. The van der Waals surface area contributed by atoms with E-state index in [-0.39, 0.29) is 17.9 Å². The van der Waals surface area contributed by atoms with Gasteiger partial charge in [-0.3, -0.25) is 9.59 Å². The SMILES string of the molecule is CCC(CC)(CN)C(=O)N1CCC(NC(=O)c2ccsc2)CC1. The van der Waals surface area contributed by atoms with Crippen LogP contribution >= 0.6 is 11.3 Å². The van der Waals surface area contributed by atoms with Crippen molar-refractivity contribution in [2.24, 2.45) is 11.1 Å². The molecule has 0 aromatic carbocycles. The Labute approximate surface area is 142 Å². The van der Waals surface area contributed by atoms with Gasteiger partial charge >= 0.3 is 0 Å². The Morgan fingerprint density at radius 2 is 2.00 bits per heavy atom. The Balaban J connectivity index is 1.88. The lowest BCUT2D eigenvalue weighted by atomic mass is 9.80. The number of nitrogens with two attached hydrogens (primary N) is 1. The van der Waals surface area contributed by atoms with Crippen molar-refractivity contribution in [1.29, 1.82) is 0 Å². The number of hydrogen-bond acceptors (Lipinski definition) is 4. The minimum absolute atomic E-state index is 0.0190. The fraction of sp³-hybridized carbons (Fsp3) is 0.647. The number of nitrogens with one attached hydrogen (secondary N) is 1. The van der Waals surface area contributed by atoms with Gasteiger partial charge < -0.3 is 16.0 Å². The molecule has 0 saturated carbocycles. The summed E-state index contributed by atoms with van der Waals surface area (Å²) in [5.41, 5.74) is 6.17. The maximum Gasteiger partial charge on any atom is 0.252 e. The first-order chi connectivity index (χ1) is 11.1. The number of carbonyl (C=O) groups is 2. The highest BCUT2D eigenvalue weighted by atomic mass is 32.1. The molecule has 2 rings (SSSR count). The first kappa shape index (κ1) is 17.9. The number of hydrogen-bond donors (Lipinski definition) is 2. The van der Waals surface area contributed by atoms with E-state index in [1.807, 2.05) is 35.6 Å². The summed E-state index contributed by atoms with van der Waals surface area (Å²) in [6.07, 6.45) is 3.15. The minimum Gasteiger partial charge on any atom is -0.349 e. The van der Waals surface area contributed by atoms with Gasteiger partial charge in [-0.15, -0.1) is 0 Å². The van der Waals surface area contributed by atoms with Gasteiger partial charge in [0.2, 0.25) is 5.91 Å². The van der Waals surface area contributed by atoms with Crippen molar-refractivity contribution in [1.82, 2.24) is 10.2 Å². The largest absolute Gasteiger partial charge is 0.349 e. The van der Waals surface area contributed by atoms with Crippen LogP contribution in [0.3, 0.4) is 0 Å². The molecule has 0 spiro atoms. The van der Waals surface area contributed by atoms with Crippen LogP contribution in [0.5, 0.6) is 0 Å². The maximum absolute atomic E-state index is 12.8. The molecule has 0 unspecified atom stereocenters. The summed E-state index contributed by atoms with van der Waals surface area (Å²) >= 11 is 1.52. The number of piperidine rings is 1. The lowest BCUT2D eigenvalue weighted by molar-refractivity contribution is -0.143. The number of thiophene rings is 1. The van der Waals surface area contributed by atoms with Gasteiger partial charge in [-0.05, 0) is 37.1 Å². The van der Waals surface area contributed by atoms with Crippen LogP contribution in [0.25, 0.3) is 0 Å². The Morgan fingerprint density at radius 3 is 2.48 bits per heavy atom. The topological polar surface area (TPSA) is 75.4 Å². The Bertz CT molecular complexity index is 510. The van der Waals surface area contributed by atoms with E-state index in [1.54, 1.807) is 0 Å². The second kappa shape index (κ2) is 7.93. The van der Waals surface area contributed by atoms with Crippen molar-refractivity contribution in [3.8, 4) is 0 Å². The average Bonchev–Trinajstić information content (AvgIpc) is 3.12. The molecule has 1 aliphatic rings. The van der Waals surface area contributed by atoms with Gasteiger partial charge in [0, 0.05) is 36.6 Å². The molecule has 6 heteroatoms. The highest BCUT2D eigenvalue weighted by Crippen LogP contribution is 2.29. The summed E-state index contributed by atoms with van der Waals surface area (Å²) in [5.74, 6) is 0.155. The summed E-state index contributed by atoms with van der Waals surface area (Å²) < 4.78 is 0. The van der Waals surface area contributed by atoms with E-state index in [0.29, 0.717) is 25.2 Å². The summed E-state index contributed by atoms with van der Waals surface area (Å²) in [6, 6.07) is 1.97. The normalized spacial score (nSPS) is 16.4. The van der Waals surface area contributed by atoms with Crippen molar-refractivity contribution in [2.75, 3.05) is 19.6 Å². The van der Waals surface area contributed by atoms with Crippen molar-refractivity contribution in [3.05, 3.63) is 22.4 Å². The number of rotatable bonds is 6. The standard InChI is InChI=1S/C17H27N3O2S/c1-3-17(4-2,12-18)16(22)20-8-5-14(6-9-20)19-15(21)13-7-10-23-11-13/h7,10-11,14H,3-6,8-9,12,18H2,1-2H3,(H,19,21). The Morgan fingerprint density at radius 1 is 1.35 bits per heavy atom. The first-order valence-corrected chi connectivity index (χ1v) is 9.33. The van der Waals surface area contributed by atoms with Gasteiger partial charge in [-0.2, -0.15) is 11.3 Å². The zero-order chi connectivity index (χ0) is 16.9. The van der Waals surface area contributed by atoms with E-state index in [2.05, 4.69) is 5.32 Å². The molecule has 1 saturated heterocycles. The smallest absolute Gasteiger partial charge is 0.252 e. The molecule has 0 bridgehead atoms. The zero-order valence-corrected chi connectivity index (χ0v) is 14.8. The van der Waals surface area contributed by atoms with Crippen LogP contribution in [0.1, 0.15) is 49.9 Å². The fourth-order valence-corrected chi connectivity index (χ4v) is 3.79. The molecule has 2 heterocycles. The van der Waals surface area contributed by atoms with Crippen molar-refractivity contribution in [3.63, 3.8) is 0 Å². The second-order valence-electron chi connectivity index (χ2n) is 6.24. The van der Waals surface area contributed by atoms with E-state index >= 15 is 0 Å². The molecule has 1 aromatic rings. The highest BCUT2D eigenvalue weighted by molar-refractivity contribution is 7.08. The third kappa shape index (κ3) is 3.93. The van der Waals surface area contributed by atoms with Crippen LogP contribution in [0.15, 0.2) is 16.8 Å². The molecule has 5 nitrogen and oxygen atoms in total. The summed E-state index contributed by atoms with van der Waals surface area (Å²) in [4.78, 5) is 26.8. The minimum atomic E-state index is -0.424. The summed E-state index contributed by atoms with van der Waals surface area (Å²) in [6.45, 7) is 5.84. The van der Waals surface area contributed by atoms with Gasteiger partial charge in [0.15, 0.2) is 0 Å². The third-order valence-electron chi connectivity index (χ3n) is 5.10. The third-order valence-corrected chi connectivity index (χ3v) is 5.78. The van der Waals surface area contributed by atoms with Crippen LogP contribution in [-0.4, -0.2) is 42.4 Å². The van der Waals surface area contributed by atoms with Gasteiger partial charge in [0.05, 0.1) is 5.41 Å². The van der Waals surface area contributed by atoms with Crippen molar-refractivity contribution in [2.45, 2.75) is 45.6 Å². The predicted octanol–water partition coefficient (Wildman–Crippen LogP) is 2.23. The summed E-state index contributed by atoms with van der Waals surface area (Å²) in [7, 11) is 0. The number of nitrogens with zero attached hydrogens (tertiary/aromatic N) is 1. The molecule has 0 atom stereocenters. The molecule has 1 aromatic heterocycles. The molecule has 128 valence electrons. The van der Waals surface area contributed by atoms with Crippen molar-refractivity contribution >= 4 is 23.2 Å². The molecule has 2 amide bonds.